The van der Waals surface area contributed by atoms with Crippen molar-refractivity contribution >= 4 is 0 Å². The summed E-state index contributed by atoms with van der Waals surface area (Å²) < 4.78 is 5.70. The molecule has 0 aliphatic carbocycles. The average Bonchev–Trinajstić information content (AvgIpc) is 2.07. The molecular formula is C11H20O. The summed E-state index contributed by atoms with van der Waals surface area (Å²) in [6, 6.07) is 0. The van der Waals surface area contributed by atoms with Gasteiger partial charge in [-0.1, -0.05) is 25.3 Å². The Labute approximate surface area is 75.8 Å². The van der Waals surface area contributed by atoms with Crippen molar-refractivity contribution in [2.75, 3.05) is 6.61 Å². The molecule has 0 saturated heterocycles. The van der Waals surface area contributed by atoms with Crippen LogP contribution in [0, 0.1) is 0 Å². The Hall–Kier alpha value is -0.300. The molecule has 0 aromatic carbocycles. The zero-order chi connectivity index (χ0) is 8.97. The lowest BCUT2D eigenvalue weighted by atomic mass is 9.99. The summed E-state index contributed by atoms with van der Waals surface area (Å²) in [5.74, 6) is 0. The molecule has 0 amide bonds. The van der Waals surface area contributed by atoms with E-state index in [0.717, 1.165) is 13.0 Å². The number of rotatable bonds is 3. The molecule has 0 unspecified atom stereocenters. The molecule has 12 heavy (non-hydrogen) atoms. The van der Waals surface area contributed by atoms with Crippen LogP contribution in [0.3, 0.4) is 0 Å². The Morgan fingerprint density at radius 1 is 1.33 bits per heavy atom. The van der Waals surface area contributed by atoms with E-state index in [1.54, 1.807) is 5.57 Å². The summed E-state index contributed by atoms with van der Waals surface area (Å²) in [7, 11) is 0. The van der Waals surface area contributed by atoms with Gasteiger partial charge in [0, 0.05) is 0 Å². The van der Waals surface area contributed by atoms with E-state index in [-0.39, 0.29) is 0 Å². The van der Waals surface area contributed by atoms with Crippen LogP contribution in [0.2, 0.25) is 0 Å². The molecule has 1 heterocycles. The van der Waals surface area contributed by atoms with Crippen LogP contribution in [-0.4, -0.2) is 12.7 Å². The quantitative estimate of drug-likeness (QED) is 0.587. The Morgan fingerprint density at radius 3 is 2.67 bits per heavy atom. The minimum absolute atomic E-state index is 0.508. The second-order valence-electron chi connectivity index (χ2n) is 3.84. The Kier molecular flexibility index (Phi) is 3.80. The minimum Gasteiger partial charge on any atom is -0.374 e. The van der Waals surface area contributed by atoms with Crippen molar-refractivity contribution in [1.29, 1.82) is 0 Å². The molecular weight excluding hydrogens is 148 g/mol. The monoisotopic (exact) mass is 168 g/mol. The third-order valence-corrected chi connectivity index (χ3v) is 2.68. The maximum atomic E-state index is 5.70. The van der Waals surface area contributed by atoms with Crippen molar-refractivity contribution in [3.63, 3.8) is 0 Å². The fourth-order valence-corrected chi connectivity index (χ4v) is 1.56. The highest BCUT2D eigenvalue weighted by atomic mass is 16.5. The van der Waals surface area contributed by atoms with Gasteiger partial charge in [0.2, 0.25) is 0 Å². The summed E-state index contributed by atoms with van der Waals surface area (Å²) in [6.45, 7) is 7.50. The van der Waals surface area contributed by atoms with Crippen molar-refractivity contribution in [3.05, 3.63) is 11.1 Å². The molecule has 70 valence electrons. The highest BCUT2D eigenvalue weighted by Crippen LogP contribution is 2.22. The molecule has 1 aliphatic rings. The van der Waals surface area contributed by atoms with Crippen LogP contribution in [0.1, 0.15) is 46.5 Å². The SMILES string of the molecule is CCCC[C@H]1CC(C)=C(C)CO1. The summed E-state index contributed by atoms with van der Waals surface area (Å²) >= 11 is 0. The van der Waals surface area contributed by atoms with E-state index in [9.17, 15) is 0 Å². The summed E-state index contributed by atoms with van der Waals surface area (Å²) in [4.78, 5) is 0. The normalized spacial score (nSPS) is 24.8. The van der Waals surface area contributed by atoms with Crippen LogP contribution < -0.4 is 0 Å². The molecule has 1 rings (SSSR count). The van der Waals surface area contributed by atoms with E-state index in [0.29, 0.717) is 6.10 Å². The van der Waals surface area contributed by atoms with Gasteiger partial charge in [-0.3, -0.25) is 0 Å². The zero-order valence-corrected chi connectivity index (χ0v) is 8.52. The number of ether oxygens (including phenoxy) is 1. The first kappa shape index (κ1) is 9.79. The average molecular weight is 168 g/mol. The third kappa shape index (κ3) is 2.63. The maximum absolute atomic E-state index is 5.70. The van der Waals surface area contributed by atoms with E-state index in [1.807, 2.05) is 0 Å². The van der Waals surface area contributed by atoms with Gasteiger partial charge in [-0.2, -0.15) is 0 Å². The highest BCUT2D eigenvalue weighted by molar-refractivity contribution is 5.13. The summed E-state index contributed by atoms with van der Waals surface area (Å²) in [5.41, 5.74) is 2.98. The van der Waals surface area contributed by atoms with Gasteiger partial charge in [0.15, 0.2) is 0 Å². The lowest BCUT2D eigenvalue weighted by Gasteiger charge is -2.24. The van der Waals surface area contributed by atoms with Gasteiger partial charge in [-0.25, -0.2) is 0 Å². The fraction of sp³-hybridized carbons (Fsp3) is 0.818. The molecule has 0 spiro atoms. The molecule has 0 aromatic rings. The van der Waals surface area contributed by atoms with Crippen LogP contribution in [0.4, 0.5) is 0 Å². The molecule has 1 atom stereocenters. The maximum Gasteiger partial charge on any atom is 0.0680 e. The second kappa shape index (κ2) is 4.66. The molecule has 1 heteroatoms. The lowest BCUT2D eigenvalue weighted by Crippen LogP contribution is -2.20. The van der Waals surface area contributed by atoms with Gasteiger partial charge in [0.1, 0.15) is 0 Å². The molecule has 0 radical (unpaired) electrons. The van der Waals surface area contributed by atoms with Crippen LogP contribution >= 0.6 is 0 Å². The van der Waals surface area contributed by atoms with Crippen LogP contribution in [-0.2, 0) is 4.74 Å². The van der Waals surface area contributed by atoms with Gasteiger partial charge in [-0.05, 0) is 32.3 Å². The predicted molar refractivity (Wildman–Crippen MR) is 52.3 cm³/mol. The fourth-order valence-electron chi connectivity index (χ4n) is 1.56. The molecule has 0 bridgehead atoms. The molecule has 0 N–H and O–H groups in total. The van der Waals surface area contributed by atoms with Crippen molar-refractivity contribution in [1.82, 2.24) is 0 Å². The van der Waals surface area contributed by atoms with Gasteiger partial charge in [0.25, 0.3) is 0 Å². The molecule has 1 nitrogen and oxygen atoms in total. The molecule has 0 aromatic heterocycles. The molecule has 0 saturated carbocycles. The third-order valence-electron chi connectivity index (χ3n) is 2.68. The Balaban J connectivity index is 2.33. The van der Waals surface area contributed by atoms with E-state index >= 15 is 0 Å². The molecule has 1 aliphatic heterocycles. The standard InChI is InChI=1S/C11H20O/c1-4-5-6-11-7-9(2)10(3)8-12-11/h11H,4-8H2,1-3H3/t11-/m0/s1. The lowest BCUT2D eigenvalue weighted by molar-refractivity contribution is 0.0508. The van der Waals surface area contributed by atoms with E-state index in [4.69, 9.17) is 4.74 Å². The summed E-state index contributed by atoms with van der Waals surface area (Å²) in [6.07, 6.45) is 5.49. The van der Waals surface area contributed by atoms with Crippen molar-refractivity contribution in [2.24, 2.45) is 0 Å². The van der Waals surface area contributed by atoms with Gasteiger partial charge in [0.05, 0.1) is 12.7 Å². The number of hydrogen-bond donors (Lipinski definition) is 0. The van der Waals surface area contributed by atoms with Crippen molar-refractivity contribution < 1.29 is 4.74 Å². The van der Waals surface area contributed by atoms with Gasteiger partial charge >= 0.3 is 0 Å². The van der Waals surface area contributed by atoms with Crippen LogP contribution in [0.5, 0.6) is 0 Å². The van der Waals surface area contributed by atoms with E-state index < -0.39 is 0 Å². The first-order valence-electron chi connectivity index (χ1n) is 5.01. The smallest absolute Gasteiger partial charge is 0.0680 e. The number of unbranched alkanes of at least 4 members (excludes halogenated alkanes) is 1. The van der Waals surface area contributed by atoms with E-state index in [2.05, 4.69) is 20.8 Å². The summed E-state index contributed by atoms with van der Waals surface area (Å²) in [5, 5.41) is 0. The Bertz CT molecular complexity index is 170. The topological polar surface area (TPSA) is 9.23 Å². The predicted octanol–water partition coefficient (Wildman–Crippen LogP) is 3.30. The van der Waals surface area contributed by atoms with Crippen molar-refractivity contribution in [2.45, 2.75) is 52.6 Å². The van der Waals surface area contributed by atoms with Gasteiger partial charge in [-0.15, -0.1) is 0 Å². The van der Waals surface area contributed by atoms with Crippen LogP contribution in [0.25, 0.3) is 0 Å². The van der Waals surface area contributed by atoms with Crippen LogP contribution in [0.15, 0.2) is 11.1 Å². The first-order chi connectivity index (χ1) is 5.74. The highest BCUT2D eigenvalue weighted by Gasteiger charge is 2.15. The van der Waals surface area contributed by atoms with Gasteiger partial charge < -0.3 is 4.74 Å². The zero-order valence-electron chi connectivity index (χ0n) is 8.52. The molecule has 0 fully saturated rings. The number of hydrogen-bond acceptors (Lipinski definition) is 1. The first-order valence-corrected chi connectivity index (χ1v) is 5.01. The second-order valence-corrected chi connectivity index (χ2v) is 3.84. The van der Waals surface area contributed by atoms with E-state index in [1.165, 1.54) is 24.8 Å². The largest absolute Gasteiger partial charge is 0.374 e. The minimum atomic E-state index is 0.508. The Morgan fingerprint density at radius 2 is 2.08 bits per heavy atom. The van der Waals surface area contributed by atoms with Crippen molar-refractivity contribution in [3.8, 4) is 0 Å².